The second-order valence-corrected chi connectivity index (χ2v) is 5.66. The third-order valence-electron chi connectivity index (χ3n) is 3.77. The zero-order valence-corrected chi connectivity index (χ0v) is 15.0. The molecule has 0 saturated heterocycles. The van der Waals surface area contributed by atoms with E-state index in [-0.39, 0.29) is 36.7 Å². The third-order valence-corrected chi connectivity index (χ3v) is 3.77. The van der Waals surface area contributed by atoms with Crippen molar-refractivity contribution >= 4 is 29.9 Å². The van der Waals surface area contributed by atoms with E-state index in [2.05, 4.69) is 10.6 Å². The number of nitrogens with one attached hydrogen (secondary N) is 2. The standard InChI is InChI=1S/C19H23N3O2.ClH/c1-14(13-20)18(23)22-17-10-6-5-9-16(17)19(24)21-12-11-15-7-3-2-4-8-15;/h2-10,14H,11-13,20H2,1H3,(H,21,24)(H,22,23);1H. The smallest absolute Gasteiger partial charge is 0.253 e. The number of hydrogen-bond donors (Lipinski definition) is 3. The molecular formula is C19H24ClN3O2. The molecule has 0 fully saturated rings. The SMILES string of the molecule is CC(CN)C(=O)Nc1ccccc1C(=O)NCCc1ccccc1.Cl. The summed E-state index contributed by atoms with van der Waals surface area (Å²) in [4.78, 5) is 24.4. The van der Waals surface area contributed by atoms with Gasteiger partial charge in [0.2, 0.25) is 5.91 Å². The zero-order chi connectivity index (χ0) is 17.4. The lowest BCUT2D eigenvalue weighted by Crippen LogP contribution is -2.30. The highest BCUT2D eigenvalue weighted by molar-refractivity contribution is 6.04. The fraction of sp³-hybridized carbons (Fsp3) is 0.263. The van der Waals surface area contributed by atoms with Crippen LogP contribution in [0.15, 0.2) is 54.6 Å². The van der Waals surface area contributed by atoms with Crippen LogP contribution in [0.5, 0.6) is 0 Å². The van der Waals surface area contributed by atoms with Crippen molar-refractivity contribution < 1.29 is 9.59 Å². The Morgan fingerprint density at radius 2 is 1.68 bits per heavy atom. The van der Waals surface area contributed by atoms with Crippen LogP contribution in [0.1, 0.15) is 22.8 Å². The Labute approximate surface area is 154 Å². The van der Waals surface area contributed by atoms with E-state index in [1.807, 2.05) is 30.3 Å². The second kappa shape index (κ2) is 10.5. The molecule has 0 radical (unpaired) electrons. The Morgan fingerprint density at radius 3 is 2.36 bits per heavy atom. The number of halogens is 1. The van der Waals surface area contributed by atoms with E-state index < -0.39 is 0 Å². The minimum absolute atomic E-state index is 0. The van der Waals surface area contributed by atoms with Crippen molar-refractivity contribution in [1.29, 1.82) is 0 Å². The average Bonchev–Trinajstić information content (AvgIpc) is 2.62. The zero-order valence-electron chi connectivity index (χ0n) is 14.2. The van der Waals surface area contributed by atoms with Gasteiger partial charge >= 0.3 is 0 Å². The van der Waals surface area contributed by atoms with Crippen molar-refractivity contribution in [1.82, 2.24) is 5.32 Å². The number of hydrogen-bond acceptors (Lipinski definition) is 3. The minimum Gasteiger partial charge on any atom is -0.352 e. The third kappa shape index (κ3) is 6.21. The summed E-state index contributed by atoms with van der Waals surface area (Å²) < 4.78 is 0. The maximum Gasteiger partial charge on any atom is 0.253 e. The molecule has 2 amide bonds. The fourth-order valence-corrected chi connectivity index (χ4v) is 2.21. The minimum atomic E-state index is -0.306. The van der Waals surface area contributed by atoms with Gasteiger partial charge in [0.15, 0.2) is 0 Å². The lowest BCUT2D eigenvalue weighted by Gasteiger charge is -2.13. The van der Waals surface area contributed by atoms with Crippen LogP contribution in [-0.4, -0.2) is 24.9 Å². The number of para-hydroxylation sites is 1. The van der Waals surface area contributed by atoms with Gasteiger partial charge < -0.3 is 16.4 Å². The van der Waals surface area contributed by atoms with Crippen LogP contribution in [0.25, 0.3) is 0 Å². The molecule has 2 aromatic carbocycles. The van der Waals surface area contributed by atoms with Gasteiger partial charge in [-0.3, -0.25) is 9.59 Å². The van der Waals surface area contributed by atoms with Gasteiger partial charge in [-0.15, -0.1) is 12.4 Å². The molecule has 0 aliphatic rings. The second-order valence-electron chi connectivity index (χ2n) is 5.66. The summed E-state index contributed by atoms with van der Waals surface area (Å²) in [5.74, 6) is -0.705. The first-order valence-corrected chi connectivity index (χ1v) is 8.04. The topological polar surface area (TPSA) is 84.2 Å². The van der Waals surface area contributed by atoms with Crippen molar-refractivity contribution in [3.05, 3.63) is 65.7 Å². The molecule has 4 N–H and O–H groups in total. The van der Waals surface area contributed by atoms with Gasteiger partial charge in [-0.1, -0.05) is 49.4 Å². The Bertz CT molecular complexity index is 692. The molecule has 2 aromatic rings. The molecule has 0 aliphatic heterocycles. The van der Waals surface area contributed by atoms with Gasteiger partial charge in [-0.25, -0.2) is 0 Å². The molecule has 0 bridgehead atoms. The molecule has 5 nitrogen and oxygen atoms in total. The first kappa shape index (κ1) is 20.7. The summed E-state index contributed by atoms with van der Waals surface area (Å²) in [6, 6.07) is 16.9. The summed E-state index contributed by atoms with van der Waals surface area (Å²) in [7, 11) is 0. The van der Waals surface area contributed by atoms with E-state index in [4.69, 9.17) is 5.73 Å². The predicted octanol–water partition coefficient (Wildman–Crippen LogP) is 2.61. The first-order valence-electron chi connectivity index (χ1n) is 8.04. The highest BCUT2D eigenvalue weighted by Gasteiger charge is 2.15. The average molecular weight is 362 g/mol. The number of carbonyl (C=O) groups is 2. The van der Waals surface area contributed by atoms with Gasteiger partial charge in [0, 0.05) is 19.0 Å². The Morgan fingerprint density at radius 1 is 1.04 bits per heavy atom. The quantitative estimate of drug-likeness (QED) is 0.708. The normalized spacial score (nSPS) is 11.1. The summed E-state index contributed by atoms with van der Waals surface area (Å²) in [6.07, 6.45) is 0.755. The van der Waals surface area contributed by atoms with Crippen molar-refractivity contribution in [2.45, 2.75) is 13.3 Å². The molecular weight excluding hydrogens is 338 g/mol. The number of benzene rings is 2. The molecule has 134 valence electrons. The van der Waals surface area contributed by atoms with Crippen LogP contribution >= 0.6 is 12.4 Å². The van der Waals surface area contributed by atoms with Gasteiger partial charge in [0.1, 0.15) is 0 Å². The van der Waals surface area contributed by atoms with Gasteiger partial charge in [-0.2, -0.15) is 0 Å². The largest absolute Gasteiger partial charge is 0.352 e. The Balaban J connectivity index is 0.00000312. The summed E-state index contributed by atoms with van der Waals surface area (Å²) >= 11 is 0. The number of anilines is 1. The molecule has 0 aromatic heterocycles. The monoisotopic (exact) mass is 361 g/mol. The van der Waals surface area contributed by atoms with Crippen LogP contribution < -0.4 is 16.4 Å². The van der Waals surface area contributed by atoms with E-state index in [0.717, 1.165) is 12.0 Å². The molecule has 6 heteroatoms. The maximum atomic E-state index is 12.4. The summed E-state index contributed by atoms with van der Waals surface area (Å²) in [5, 5.41) is 5.66. The van der Waals surface area contributed by atoms with Crippen molar-refractivity contribution in [2.24, 2.45) is 11.7 Å². The summed E-state index contributed by atoms with van der Waals surface area (Å²) in [6.45, 7) is 2.54. The molecule has 25 heavy (non-hydrogen) atoms. The molecule has 1 atom stereocenters. The molecule has 0 saturated carbocycles. The molecule has 0 spiro atoms. The van der Waals surface area contributed by atoms with E-state index in [1.54, 1.807) is 31.2 Å². The highest BCUT2D eigenvalue weighted by atomic mass is 35.5. The van der Waals surface area contributed by atoms with Crippen molar-refractivity contribution in [3.63, 3.8) is 0 Å². The van der Waals surface area contributed by atoms with Crippen LogP contribution in [0.4, 0.5) is 5.69 Å². The van der Waals surface area contributed by atoms with Crippen molar-refractivity contribution in [3.8, 4) is 0 Å². The van der Waals surface area contributed by atoms with Crippen LogP contribution in [-0.2, 0) is 11.2 Å². The van der Waals surface area contributed by atoms with E-state index in [0.29, 0.717) is 17.8 Å². The number of amides is 2. The van der Waals surface area contributed by atoms with E-state index in [1.165, 1.54) is 0 Å². The van der Waals surface area contributed by atoms with Crippen LogP contribution in [0.2, 0.25) is 0 Å². The highest BCUT2D eigenvalue weighted by Crippen LogP contribution is 2.16. The Kier molecular flexibility index (Phi) is 8.67. The predicted molar refractivity (Wildman–Crippen MR) is 103 cm³/mol. The number of carbonyl (C=O) groups excluding carboxylic acids is 2. The Hall–Kier alpha value is -2.37. The number of nitrogens with two attached hydrogens (primary N) is 1. The van der Waals surface area contributed by atoms with Crippen molar-refractivity contribution in [2.75, 3.05) is 18.4 Å². The first-order chi connectivity index (χ1) is 11.6. The van der Waals surface area contributed by atoms with Gasteiger partial charge in [0.25, 0.3) is 5.91 Å². The molecule has 2 rings (SSSR count). The maximum absolute atomic E-state index is 12.4. The molecule has 0 heterocycles. The van der Waals surface area contributed by atoms with Gasteiger partial charge in [-0.05, 0) is 24.1 Å². The summed E-state index contributed by atoms with van der Waals surface area (Å²) in [5.41, 5.74) is 7.62. The fourth-order valence-electron chi connectivity index (χ4n) is 2.21. The lowest BCUT2D eigenvalue weighted by atomic mass is 10.1. The van der Waals surface area contributed by atoms with E-state index >= 15 is 0 Å². The van der Waals surface area contributed by atoms with Gasteiger partial charge in [0.05, 0.1) is 11.3 Å². The molecule has 0 aliphatic carbocycles. The van der Waals surface area contributed by atoms with Crippen LogP contribution in [0, 0.1) is 5.92 Å². The molecule has 1 unspecified atom stereocenters. The van der Waals surface area contributed by atoms with E-state index in [9.17, 15) is 9.59 Å². The van der Waals surface area contributed by atoms with Crippen LogP contribution in [0.3, 0.4) is 0 Å². The lowest BCUT2D eigenvalue weighted by molar-refractivity contribution is -0.119. The number of rotatable bonds is 7.